The van der Waals surface area contributed by atoms with E-state index in [-0.39, 0.29) is 17.5 Å². The van der Waals surface area contributed by atoms with E-state index in [1.165, 1.54) is 4.90 Å². The molecular formula is C18H24N6O5. The standard InChI is InChI=1S/C18H24N6O5/c19-17-22-14-11(15(28)23-17)21-18(20-7-6-9-4-2-1-3-5-9)24(14)16-13(27)12(26)10(8-25)29-16/h1-5,10,12-13,16,18,20-21,25-27H,6-8H2,(H3,19,22,23,28)/t10-,12+,13+,16-,18-/m1/s1. The molecule has 3 heterocycles. The molecule has 4 rings (SSSR count). The highest BCUT2D eigenvalue weighted by molar-refractivity contribution is 5.72. The number of H-pyrrole nitrogens is 1. The van der Waals surface area contributed by atoms with Gasteiger partial charge in [0, 0.05) is 6.54 Å². The van der Waals surface area contributed by atoms with E-state index in [1.54, 1.807) is 0 Å². The van der Waals surface area contributed by atoms with Gasteiger partial charge in [0.05, 0.1) is 6.61 Å². The Hall–Kier alpha value is -2.70. The van der Waals surface area contributed by atoms with Crippen molar-refractivity contribution in [1.82, 2.24) is 15.3 Å². The molecule has 0 amide bonds. The van der Waals surface area contributed by atoms with E-state index < -0.39 is 43.0 Å². The summed E-state index contributed by atoms with van der Waals surface area (Å²) in [5, 5.41) is 36.3. The number of anilines is 3. The first-order valence-electron chi connectivity index (χ1n) is 9.34. The Labute approximate surface area is 166 Å². The van der Waals surface area contributed by atoms with Gasteiger partial charge in [-0.2, -0.15) is 4.98 Å². The zero-order chi connectivity index (χ0) is 20.5. The number of nitrogens with one attached hydrogen (secondary N) is 3. The number of rotatable bonds is 6. The number of aromatic amines is 1. The summed E-state index contributed by atoms with van der Waals surface area (Å²) in [6, 6.07) is 9.87. The molecular weight excluding hydrogens is 380 g/mol. The van der Waals surface area contributed by atoms with Gasteiger partial charge in [-0.25, -0.2) is 0 Å². The van der Waals surface area contributed by atoms with Gasteiger partial charge in [0.25, 0.3) is 5.56 Å². The maximum Gasteiger partial charge on any atom is 0.277 e. The van der Waals surface area contributed by atoms with Crippen LogP contribution >= 0.6 is 0 Å². The summed E-state index contributed by atoms with van der Waals surface area (Å²) >= 11 is 0. The number of aromatic nitrogens is 2. The Morgan fingerprint density at radius 1 is 1.24 bits per heavy atom. The van der Waals surface area contributed by atoms with Crippen LogP contribution < -0.4 is 26.8 Å². The van der Waals surface area contributed by atoms with E-state index in [0.29, 0.717) is 6.54 Å². The smallest absolute Gasteiger partial charge is 0.277 e. The van der Waals surface area contributed by atoms with Crippen LogP contribution in [0.15, 0.2) is 35.1 Å². The number of nitrogens with zero attached hydrogens (tertiary/aromatic N) is 2. The molecule has 0 spiro atoms. The third kappa shape index (κ3) is 3.66. The molecule has 1 fully saturated rings. The van der Waals surface area contributed by atoms with Gasteiger partial charge in [-0.3, -0.25) is 20.0 Å². The highest BCUT2D eigenvalue weighted by atomic mass is 16.6. The highest BCUT2D eigenvalue weighted by Gasteiger charge is 2.50. The minimum Gasteiger partial charge on any atom is -0.394 e. The Balaban J connectivity index is 1.58. The van der Waals surface area contributed by atoms with E-state index >= 15 is 0 Å². The molecule has 0 saturated carbocycles. The molecule has 2 aliphatic rings. The van der Waals surface area contributed by atoms with Gasteiger partial charge in [-0.1, -0.05) is 30.3 Å². The zero-order valence-corrected chi connectivity index (χ0v) is 15.5. The van der Waals surface area contributed by atoms with E-state index in [0.717, 1.165) is 12.0 Å². The van der Waals surface area contributed by atoms with Crippen molar-refractivity contribution >= 4 is 17.5 Å². The number of aliphatic hydroxyl groups is 3. The van der Waals surface area contributed by atoms with Gasteiger partial charge < -0.3 is 31.1 Å². The van der Waals surface area contributed by atoms with Crippen LogP contribution in [0, 0.1) is 0 Å². The molecule has 1 aromatic heterocycles. The topological polar surface area (TPSA) is 169 Å². The molecule has 5 atom stereocenters. The fourth-order valence-corrected chi connectivity index (χ4v) is 3.65. The largest absolute Gasteiger partial charge is 0.394 e. The Kier molecular flexibility index (Phi) is 5.39. The summed E-state index contributed by atoms with van der Waals surface area (Å²) in [6.07, 6.45) is -4.51. The predicted molar refractivity (Wildman–Crippen MR) is 105 cm³/mol. The van der Waals surface area contributed by atoms with Crippen LogP contribution in [0.3, 0.4) is 0 Å². The van der Waals surface area contributed by atoms with E-state index in [9.17, 15) is 20.1 Å². The molecule has 8 N–H and O–H groups in total. The number of nitrogens with two attached hydrogens (primary N) is 1. The van der Waals surface area contributed by atoms with Gasteiger partial charge in [0.15, 0.2) is 18.3 Å². The highest BCUT2D eigenvalue weighted by Crippen LogP contribution is 2.35. The van der Waals surface area contributed by atoms with Crippen molar-refractivity contribution in [2.45, 2.75) is 37.3 Å². The molecule has 1 aromatic carbocycles. The molecule has 0 unspecified atom stereocenters. The normalized spacial score (nSPS) is 28.4. The van der Waals surface area contributed by atoms with E-state index in [1.807, 2.05) is 30.3 Å². The quantitative estimate of drug-likeness (QED) is 0.290. The van der Waals surface area contributed by atoms with Gasteiger partial charge in [0.1, 0.15) is 24.0 Å². The van der Waals surface area contributed by atoms with Gasteiger partial charge in [-0.15, -0.1) is 0 Å². The summed E-state index contributed by atoms with van der Waals surface area (Å²) in [6.45, 7) is 0.0915. The van der Waals surface area contributed by atoms with Gasteiger partial charge >= 0.3 is 0 Å². The molecule has 2 aromatic rings. The lowest BCUT2D eigenvalue weighted by Crippen LogP contribution is -2.56. The molecule has 156 valence electrons. The molecule has 0 aliphatic carbocycles. The van der Waals surface area contributed by atoms with Crippen molar-refractivity contribution in [1.29, 1.82) is 0 Å². The van der Waals surface area contributed by atoms with Gasteiger partial charge in [-0.05, 0) is 12.0 Å². The first kappa shape index (κ1) is 19.6. The molecule has 11 heteroatoms. The molecule has 0 bridgehead atoms. The van der Waals surface area contributed by atoms with Crippen LogP contribution in [0.4, 0.5) is 17.5 Å². The summed E-state index contributed by atoms with van der Waals surface area (Å²) in [7, 11) is 0. The van der Waals surface area contributed by atoms with Gasteiger partial charge in [0.2, 0.25) is 5.95 Å². The van der Waals surface area contributed by atoms with E-state index in [2.05, 4.69) is 20.6 Å². The molecule has 29 heavy (non-hydrogen) atoms. The fourth-order valence-electron chi connectivity index (χ4n) is 3.65. The molecule has 0 radical (unpaired) electrons. The second-order valence-electron chi connectivity index (χ2n) is 7.02. The second kappa shape index (κ2) is 7.97. The minimum absolute atomic E-state index is 0.0859. The summed E-state index contributed by atoms with van der Waals surface area (Å²) < 4.78 is 5.65. The number of fused-ring (bicyclic) bond motifs is 1. The average molecular weight is 404 g/mol. The lowest BCUT2D eigenvalue weighted by atomic mass is 10.1. The Morgan fingerprint density at radius 2 is 2.00 bits per heavy atom. The number of ether oxygens (including phenoxy) is 1. The molecule has 2 aliphatic heterocycles. The lowest BCUT2D eigenvalue weighted by Gasteiger charge is -2.33. The van der Waals surface area contributed by atoms with Crippen molar-refractivity contribution in [2.75, 3.05) is 29.1 Å². The number of aliphatic hydroxyl groups excluding tert-OH is 3. The molecule has 1 saturated heterocycles. The number of benzene rings is 1. The number of hydrogen-bond acceptors (Lipinski definition) is 10. The monoisotopic (exact) mass is 404 g/mol. The van der Waals surface area contributed by atoms with Crippen LogP contribution in [0.2, 0.25) is 0 Å². The summed E-state index contributed by atoms with van der Waals surface area (Å²) in [4.78, 5) is 20.4. The van der Waals surface area contributed by atoms with Crippen molar-refractivity contribution in [3.05, 3.63) is 46.2 Å². The van der Waals surface area contributed by atoms with Crippen LogP contribution in [0.25, 0.3) is 0 Å². The summed E-state index contributed by atoms with van der Waals surface area (Å²) in [5.74, 6) is 0.107. The molecule has 11 nitrogen and oxygen atoms in total. The number of hydrogen-bond donors (Lipinski definition) is 7. The van der Waals surface area contributed by atoms with Crippen molar-refractivity contribution < 1.29 is 20.1 Å². The van der Waals surface area contributed by atoms with Crippen molar-refractivity contribution in [2.24, 2.45) is 0 Å². The third-order valence-corrected chi connectivity index (χ3v) is 5.11. The number of nitrogen functional groups attached to an aromatic ring is 1. The Bertz CT molecular complexity index is 909. The maximum absolute atomic E-state index is 12.3. The first-order valence-corrected chi connectivity index (χ1v) is 9.34. The van der Waals surface area contributed by atoms with Crippen molar-refractivity contribution in [3.8, 4) is 0 Å². The predicted octanol–water partition coefficient (Wildman–Crippen LogP) is -1.86. The maximum atomic E-state index is 12.3. The second-order valence-corrected chi connectivity index (χ2v) is 7.02. The SMILES string of the molecule is Nc1nc2c(c(=O)[nH]1)N[C@@H](NCCc1ccccc1)N2[C@@H]1O[C@H](CO)[C@H](O)[C@@H]1O. The zero-order valence-electron chi connectivity index (χ0n) is 15.5. The summed E-state index contributed by atoms with van der Waals surface area (Å²) in [5.41, 5.74) is 6.54. The van der Waals surface area contributed by atoms with Crippen LogP contribution in [-0.4, -0.2) is 69.3 Å². The average Bonchev–Trinajstić information content (AvgIpc) is 3.20. The Morgan fingerprint density at radius 3 is 2.69 bits per heavy atom. The van der Waals surface area contributed by atoms with Crippen LogP contribution in [0.1, 0.15) is 5.56 Å². The van der Waals surface area contributed by atoms with Crippen molar-refractivity contribution in [3.63, 3.8) is 0 Å². The minimum atomic E-state index is -1.32. The lowest BCUT2D eigenvalue weighted by molar-refractivity contribution is -0.0245. The first-order chi connectivity index (χ1) is 14.0. The fraction of sp³-hybridized carbons (Fsp3) is 0.444. The van der Waals surface area contributed by atoms with E-state index in [4.69, 9.17) is 10.5 Å². The third-order valence-electron chi connectivity index (χ3n) is 5.11. The van der Waals surface area contributed by atoms with Crippen LogP contribution in [0.5, 0.6) is 0 Å². The van der Waals surface area contributed by atoms with Crippen LogP contribution in [-0.2, 0) is 11.2 Å².